The summed E-state index contributed by atoms with van der Waals surface area (Å²) in [6.45, 7) is 11.3. The van der Waals surface area contributed by atoms with Gasteiger partial charge in [-0.15, -0.1) is 0 Å². The monoisotopic (exact) mass is 333 g/mol. The summed E-state index contributed by atoms with van der Waals surface area (Å²) < 4.78 is 5.34. The Balaban J connectivity index is 1.62. The molecule has 0 bridgehead atoms. The fraction of sp³-hybridized carbons (Fsp3) is 0.789. The molecule has 2 aliphatic heterocycles. The predicted octanol–water partition coefficient (Wildman–Crippen LogP) is 3.23. The average molecular weight is 333 g/mol. The van der Waals surface area contributed by atoms with Gasteiger partial charge in [-0.3, -0.25) is 9.69 Å². The molecule has 1 unspecified atom stereocenters. The zero-order valence-corrected chi connectivity index (χ0v) is 15.4. The number of piperidine rings is 2. The van der Waals surface area contributed by atoms with E-state index in [1.54, 1.807) is 6.26 Å². The first kappa shape index (κ1) is 17.5. The number of likely N-dealkylation sites (tertiary alicyclic amines) is 2. The molecule has 1 atom stereocenters. The van der Waals surface area contributed by atoms with Gasteiger partial charge >= 0.3 is 0 Å². The fourth-order valence-electron chi connectivity index (χ4n) is 4.21. The van der Waals surface area contributed by atoms with Gasteiger partial charge in [0.1, 0.15) is 6.26 Å². The average Bonchev–Trinajstić information content (AvgIpc) is 2.94. The number of oxazole rings is 1. The number of carbonyl (C=O) groups excluding carboxylic acids is 1. The topological polar surface area (TPSA) is 49.6 Å². The summed E-state index contributed by atoms with van der Waals surface area (Å²) >= 11 is 0. The Morgan fingerprint density at radius 2 is 2.17 bits per heavy atom. The first-order chi connectivity index (χ1) is 11.5. The highest BCUT2D eigenvalue weighted by Gasteiger charge is 2.41. The summed E-state index contributed by atoms with van der Waals surface area (Å²) in [4.78, 5) is 21.4. The van der Waals surface area contributed by atoms with Gasteiger partial charge in [0.05, 0.1) is 5.69 Å². The van der Waals surface area contributed by atoms with Crippen LogP contribution in [0.1, 0.15) is 57.5 Å². The third kappa shape index (κ3) is 4.18. The molecule has 0 saturated carbocycles. The molecule has 134 valence electrons. The number of carbonyl (C=O) groups is 1. The lowest BCUT2D eigenvalue weighted by molar-refractivity contribution is -0.139. The Morgan fingerprint density at radius 3 is 2.88 bits per heavy atom. The van der Waals surface area contributed by atoms with Crippen molar-refractivity contribution in [3.63, 3.8) is 0 Å². The molecule has 5 heteroatoms. The van der Waals surface area contributed by atoms with E-state index in [2.05, 4.69) is 28.6 Å². The molecule has 3 rings (SSSR count). The molecule has 1 amide bonds. The van der Waals surface area contributed by atoms with Gasteiger partial charge in [-0.25, -0.2) is 4.98 Å². The molecule has 0 N–H and O–H groups in total. The van der Waals surface area contributed by atoms with Gasteiger partial charge in [-0.05, 0) is 38.1 Å². The van der Waals surface area contributed by atoms with Crippen molar-refractivity contribution in [3.05, 3.63) is 17.8 Å². The van der Waals surface area contributed by atoms with E-state index in [0.29, 0.717) is 11.8 Å². The summed E-state index contributed by atoms with van der Waals surface area (Å²) in [5, 5.41) is 0. The molecule has 0 aliphatic carbocycles. The number of rotatable bonds is 5. The maximum Gasteiger partial charge on any atom is 0.222 e. The number of aromatic nitrogens is 1. The van der Waals surface area contributed by atoms with Crippen LogP contribution in [-0.2, 0) is 11.3 Å². The molecule has 1 aromatic heterocycles. The van der Waals surface area contributed by atoms with Crippen LogP contribution in [0.15, 0.2) is 10.7 Å². The van der Waals surface area contributed by atoms with Gasteiger partial charge in [0.25, 0.3) is 0 Å². The van der Waals surface area contributed by atoms with Crippen LogP contribution >= 0.6 is 0 Å². The van der Waals surface area contributed by atoms with Crippen molar-refractivity contribution >= 4 is 5.91 Å². The van der Waals surface area contributed by atoms with Gasteiger partial charge in [-0.2, -0.15) is 0 Å². The van der Waals surface area contributed by atoms with E-state index < -0.39 is 0 Å². The largest absolute Gasteiger partial charge is 0.449 e. The molecule has 1 aromatic rings. The van der Waals surface area contributed by atoms with E-state index in [-0.39, 0.29) is 5.41 Å². The van der Waals surface area contributed by atoms with E-state index in [1.165, 1.54) is 12.8 Å². The standard InChI is InChI=1S/C19H31N3O2/c1-15(2)6-10-22-14-19(8-5-18(22)23)7-4-9-21(13-19)11-17-12-24-16(3)20-17/h12,15H,4-11,13-14H2,1-3H3. The Hall–Kier alpha value is -1.36. The second kappa shape index (κ2) is 7.26. The lowest BCUT2D eigenvalue weighted by Crippen LogP contribution is -2.54. The minimum atomic E-state index is 0.280. The summed E-state index contributed by atoms with van der Waals surface area (Å²) in [6.07, 6.45) is 7.09. The SMILES string of the molecule is Cc1nc(CN2CCCC3(CCC(=O)N(CCC(C)C)C3)C2)co1. The van der Waals surface area contributed by atoms with E-state index in [4.69, 9.17) is 4.42 Å². The van der Waals surface area contributed by atoms with Crippen molar-refractivity contribution in [3.8, 4) is 0 Å². The van der Waals surface area contributed by atoms with Crippen LogP contribution in [0.25, 0.3) is 0 Å². The maximum atomic E-state index is 12.3. The molecule has 0 aromatic carbocycles. The fourth-order valence-corrected chi connectivity index (χ4v) is 4.21. The molecule has 3 heterocycles. The minimum Gasteiger partial charge on any atom is -0.449 e. The zero-order chi connectivity index (χ0) is 17.2. The quantitative estimate of drug-likeness (QED) is 0.830. The highest BCUT2D eigenvalue weighted by molar-refractivity contribution is 5.77. The molecular weight excluding hydrogens is 302 g/mol. The van der Waals surface area contributed by atoms with E-state index >= 15 is 0 Å². The lowest BCUT2D eigenvalue weighted by atomic mass is 9.73. The second-order valence-corrected chi connectivity index (χ2v) is 8.17. The first-order valence-corrected chi connectivity index (χ1v) is 9.37. The van der Waals surface area contributed by atoms with Crippen molar-refractivity contribution in [1.29, 1.82) is 0 Å². The number of hydrogen-bond acceptors (Lipinski definition) is 4. The Bertz CT molecular complexity index is 569. The molecule has 1 spiro atoms. The van der Waals surface area contributed by atoms with Crippen molar-refractivity contribution in [1.82, 2.24) is 14.8 Å². The van der Waals surface area contributed by atoms with Crippen LogP contribution < -0.4 is 0 Å². The molecule has 24 heavy (non-hydrogen) atoms. The van der Waals surface area contributed by atoms with Crippen molar-refractivity contribution in [2.75, 3.05) is 26.2 Å². The molecule has 2 aliphatic rings. The van der Waals surface area contributed by atoms with Gasteiger partial charge in [0.15, 0.2) is 5.89 Å². The Morgan fingerprint density at radius 1 is 1.33 bits per heavy atom. The van der Waals surface area contributed by atoms with E-state index in [0.717, 1.165) is 63.6 Å². The third-order valence-corrected chi connectivity index (χ3v) is 5.52. The number of hydrogen-bond donors (Lipinski definition) is 0. The van der Waals surface area contributed by atoms with E-state index in [1.807, 2.05) is 6.92 Å². The van der Waals surface area contributed by atoms with Crippen molar-refractivity contribution in [2.45, 2.75) is 59.4 Å². The number of nitrogens with zero attached hydrogens (tertiary/aromatic N) is 3. The predicted molar refractivity (Wildman–Crippen MR) is 93.5 cm³/mol. The number of amides is 1. The van der Waals surface area contributed by atoms with Crippen LogP contribution in [0.3, 0.4) is 0 Å². The molecule has 2 saturated heterocycles. The molecular formula is C19H31N3O2. The van der Waals surface area contributed by atoms with Crippen LogP contribution in [0.5, 0.6) is 0 Å². The second-order valence-electron chi connectivity index (χ2n) is 8.17. The van der Waals surface area contributed by atoms with E-state index in [9.17, 15) is 4.79 Å². The van der Waals surface area contributed by atoms with Crippen LogP contribution in [-0.4, -0.2) is 46.9 Å². The summed E-state index contributed by atoms with van der Waals surface area (Å²) in [7, 11) is 0. The molecule has 2 fully saturated rings. The minimum absolute atomic E-state index is 0.280. The smallest absolute Gasteiger partial charge is 0.222 e. The normalized spacial score (nSPS) is 25.8. The molecule has 0 radical (unpaired) electrons. The van der Waals surface area contributed by atoms with Crippen LogP contribution in [0, 0.1) is 18.3 Å². The highest BCUT2D eigenvalue weighted by atomic mass is 16.3. The zero-order valence-electron chi connectivity index (χ0n) is 15.4. The van der Waals surface area contributed by atoms with Gasteiger partial charge < -0.3 is 9.32 Å². The Labute approximate surface area is 145 Å². The lowest BCUT2D eigenvalue weighted by Gasteiger charge is -2.48. The molecule has 5 nitrogen and oxygen atoms in total. The number of aryl methyl sites for hydroxylation is 1. The maximum absolute atomic E-state index is 12.3. The van der Waals surface area contributed by atoms with Crippen LogP contribution in [0.2, 0.25) is 0 Å². The first-order valence-electron chi connectivity index (χ1n) is 9.37. The third-order valence-electron chi connectivity index (χ3n) is 5.52. The van der Waals surface area contributed by atoms with Gasteiger partial charge in [0.2, 0.25) is 5.91 Å². The van der Waals surface area contributed by atoms with Crippen LogP contribution in [0.4, 0.5) is 0 Å². The van der Waals surface area contributed by atoms with Crippen molar-refractivity contribution in [2.24, 2.45) is 11.3 Å². The summed E-state index contributed by atoms with van der Waals surface area (Å²) in [6, 6.07) is 0. The van der Waals surface area contributed by atoms with Crippen molar-refractivity contribution < 1.29 is 9.21 Å². The Kier molecular flexibility index (Phi) is 5.28. The van der Waals surface area contributed by atoms with Gasteiger partial charge in [-0.1, -0.05) is 13.8 Å². The van der Waals surface area contributed by atoms with Gasteiger partial charge in [0, 0.05) is 44.9 Å². The highest BCUT2D eigenvalue weighted by Crippen LogP contribution is 2.39. The summed E-state index contributed by atoms with van der Waals surface area (Å²) in [5.74, 6) is 1.74. The summed E-state index contributed by atoms with van der Waals surface area (Å²) in [5.41, 5.74) is 1.30.